The molecule has 168 valence electrons. The first-order valence-electron chi connectivity index (χ1n) is 11.4. The molecule has 7 nitrogen and oxygen atoms in total. The lowest BCUT2D eigenvalue weighted by Crippen LogP contribution is -2.47. The van der Waals surface area contributed by atoms with E-state index in [0.29, 0.717) is 0 Å². The van der Waals surface area contributed by atoms with Crippen molar-refractivity contribution in [2.45, 2.75) is 25.7 Å². The number of para-hydroxylation sites is 1. The van der Waals surface area contributed by atoms with Gasteiger partial charge >= 0.3 is 0 Å². The fourth-order valence-electron chi connectivity index (χ4n) is 4.34. The molecule has 3 N–H and O–H groups in total. The van der Waals surface area contributed by atoms with Gasteiger partial charge in [0.05, 0.1) is 6.61 Å². The molecule has 2 heterocycles. The first-order valence-corrected chi connectivity index (χ1v) is 11.4. The molecule has 2 aliphatic rings. The number of aliphatic hydroxyl groups is 1. The summed E-state index contributed by atoms with van der Waals surface area (Å²) in [4.78, 5) is 9.39. The molecule has 2 aliphatic heterocycles. The first kappa shape index (κ1) is 22.8. The average Bonchev–Trinajstić information content (AvgIpc) is 3.25. The zero-order valence-electron chi connectivity index (χ0n) is 18.5. The lowest BCUT2D eigenvalue weighted by molar-refractivity contribution is 0.127. The summed E-state index contributed by atoms with van der Waals surface area (Å²) in [5.74, 6) is 0.843. The van der Waals surface area contributed by atoms with Gasteiger partial charge in [-0.15, -0.1) is 0 Å². The second kappa shape index (κ2) is 12.1. The van der Waals surface area contributed by atoms with Gasteiger partial charge in [0.2, 0.25) is 0 Å². The molecule has 0 bridgehead atoms. The Morgan fingerprint density at radius 3 is 2.60 bits per heavy atom. The van der Waals surface area contributed by atoms with Gasteiger partial charge in [-0.2, -0.15) is 0 Å². The summed E-state index contributed by atoms with van der Waals surface area (Å²) >= 11 is 0. The number of anilines is 1. The fraction of sp³-hybridized carbons (Fsp3) is 0.696. The van der Waals surface area contributed by atoms with Gasteiger partial charge in [-0.3, -0.25) is 9.89 Å². The van der Waals surface area contributed by atoms with Gasteiger partial charge < -0.3 is 25.4 Å². The van der Waals surface area contributed by atoms with Crippen LogP contribution in [-0.4, -0.2) is 88.6 Å². The summed E-state index contributed by atoms with van der Waals surface area (Å²) in [5.41, 5.74) is 1.37. The van der Waals surface area contributed by atoms with Crippen molar-refractivity contribution in [3.63, 3.8) is 0 Å². The monoisotopic (exact) mass is 417 g/mol. The predicted octanol–water partition coefficient (Wildman–Crippen LogP) is 1.54. The molecule has 0 radical (unpaired) electrons. The van der Waals surface area contributed by atoms with E-state index >= 15 is 0 Å². The molecule has 1 aromatic carbocycles. The van der Waals surface area contributed by atoms with Crippen LogP contribution in [0, 0.1) is 5.41 Å². The van der Waals surface area contributed by atoms with E-state index in [-0.39, 0.29) is 12.0 Å². The number of benzene rings is 1. The largest absolute Gasteiger partial charge is 0.396 e. The van der Waals surface area contributed by atoms with E-state index in [1.165, 1.54) is 12.1 Å². The standard InChI is InChI=1S/C23H39N5O2/c1-24-22(26-19-23(9-17-29)10-18-30-20-23)25-11-5-6-12-27-13-15-28(16-14-27)21-7-3-2-4-8-21/h2-4,7-8,29H,5-6,9-20H2,1H3,(H2,24,25,26). The van der Waals surface area contributed by atoms with E-state index in [9.17, 15) is 5.11 Å². The number of nitrogens with one attached hydrogen (secondary N) is 2. The highest BCUT2D eigenvalue weighted by molar-refractivity contribution is 5.79. The van der Waals surface area contributed by atoms with Crippen LogP contribution in [0.3, 0.4) is 0 Å². The van der Waals surface area contributed by atoms with Crippen LogP contribution in [0.25, 0.3) is 0 Å². The van der Waals surface area contributed by atoms with E-state index in [1.807, 2.05) is 7.05 Å². The van der Waals surface area contributed by atoms with Crippen molar-refractivity contribution in [2.24, 2.45) is 10.4 Å². The zero-order valence-corrected chi connectivity index (χ0v) is 18.5. The molecule has 0 aromatic heterocycles. The maximum atomic E-state index is 9.36. The van der Waals surface area contributed by atoms with E-state index in [1.54, 1.807) is 0 Å². The number of unbranched alkanes of at least 4 members (excludes halogenated alkanes) is 1. The summed E-state index contributed by atoms with van der Waals surface area (Å²) in [5, 5.41) is 16.2. The summed E-state index contributed by atoms with van der Waals surface area (Å²) < 4.78 is 5.56. The van der Waals surface area contributed by atoms with Gasteiger partial charge in [-0.05, 0) is 44.4 Å². The number of ether oxygens (including phenoxy) is 1. The van der Waals surface area contributed by atoms with E-state index in [2.05, 4.69) is 55.8 Å². The number of hydrogen-bond acceptors (Lipinski definition) is 5. The van der Waals surface area contributed by atoms with Crippen LogP contribution in [0.2, 0.25) is 0 Å². The van der Waals surface area contributed by atoms with Crippen molar-refractivity contribution in [1.82, 2.24) is 15.5 Å². The molecule has 1 unspecified atom stereocenters. The van der Waals surface area contributed by atoms with Crippen LogP contribution in [0.1, 0.15) is 25.7 Å². The lowest BCUT2D eigenvalue weighted by atomic mass is 9.84. The third-order valence-corrected chi connectivity index (χ3v) is 6.37. The van der Waals surface area contributed by atoms with Crippen LogP contribution in [0.5, 0.6) is 0 Å². The lowest BCUT2D eigenvalue weighted by Gasteiger charge is -2.36. The van der Waals surface area contributed by atoms with Gasteiger partial charge in [0, 0.05) is 70.6 Å². The Kier molecular flexibility index (Phi) is 9.24. The molecule has 0 spiro atoms. The van der Waals surface area contributed by atoms with Crippen molar-refractivity contribution in [2.75, 3.05) is 77.6 Å². The van der Waals surface area contributed by atoms with Gasteiger partial charge in [-0.25, -0.2) is 0 Å². The number of aliphatic imine (C=N–C) groups is 1. The molecule has 2 fully saturated rings. The van der Waals surface area contributed by atoms with Gasteiger partial charge in [0.15, 0.2) is 5.96 Å². The Hall–Kier alpha value is -1.83. The minimum Gasteiger partial charge on any atom is -0.396 e. The van der Waals surface area contributed by atoms with Crippen molar-refractivity contribution >= 4 is 11.6 Å². The van der Waals surface area contributed by atoms with Crippen LogP contribution in [-0.2, 0) is 4.74 Å². The number of guanidine groups is 1. The summed E-state index contributed by atoms with van der Waals surface area (Å²) in [6, 6.07) is 10.7. The molecule has 2 saturated heterocycles. The normalized spacial score (nSPS) is 23.0. The highest BCUT2D eigenvalue weighted by Gasteiger charge is 2.34. The first-order chi connectivity index (χ1) is 14.7. The molecule has 3 rings (SSSR count). The molecule has 7 heteroatoms. The smallest absolute Gasteiger partial charge is 0.190 e. The van der Waals surface area contributed by atoms with Gasteiger partial charge in [0.1, 0.15) is 0 Å². The summed E-state index contributed by atoms with van der Waals surface area (Å²) in [7, 11) is 1.81. The molecule has 30 heavy (non-hydrogen) atoms. The fourth-order valence-corrected chi connectivity index (χ4v) is 4.34. The Bertz CT molecular complexity index is 626. The highest BCUT2D eigenvalue weighted by atomic mass is 16.5. The summed E-state index contributed by atoms with van der Waals surface area (Å²) in [6.45, 7) is 9.08. The number of nitrogens with zero attached hydrogens (tertiary/aromatic N) is 3. The van der Waals surface area contributed by atoms with E-state index < -0.39 is 0 Å². The van der Waals surface area contributed by atoms with Crippen molar-refractivity contribution in [3.8, 4) is 0 Å². The Balaban J connectivity index is 1.27. The average molecular weight is 418 g/mol. The molecule has 0 aliphatic carbocycles. The molecular formula is C23H39N5O2. The Morgan fingerprint density at radius 2 is 1.93 bits per heavy atom. The van der Waals surface area contributed by atoms with Crippen LogP contribution >= 0.6 is 0 Å². The third kappa shape index (κ3) is 6.86. The molecule has 1 aromatic rings. The second-order valence-corrected chi connectivity index (χ2v) is 8.50. The minimum atomic E-state index is 0.0360. The molecule has 0 amide bonds. The number of hydrogen-bond donors (Lipinski definition) is 3. The Morgan fingerprint density at radius 1 is 1.13 bits per heavy atom. The van der Waals surface area contributed by atoms with Gasteiger partial charge in [-0.1, -0.05) is 18.2 Å². The maximum absolute atomic E-state index is 9.36. The molecule has 1 atom stereocenters. The van der Waals surface area contributed by atoms with Crippen LogP contribution in [0.15, 0.2) is 35.3 Å². The third-order valence-electron chi connectivity index (χ3n) is 6.37. The molecule has 0 saturated carbocycles. The van der Waals surface area contributed by atoms with Crippen molar-refractivity contribution in [1.29, 1.82) is 0 Å². The Labute approximate surface area is 181 Å². The van der Waals surface area contributed by atoms with Crippen LogP contribution < -0.4 is 15.5 Å². The minimum absolute atomic E-state index is 0.0360. The van der Waals surface area contributed by atoms with Gasteiger partial charge in [0.25, 0.3) is 0 Å². The SMILES string of the molecule is CN=C(NCCCCN1CCN(c2ccccc2)CC1)NCC1(CCO)CCOC1. The predicted molar refractivity (Wildman–Crippen MR) is 123 cm³/mol. The number of rotatable bonds is 10. The number of aliphatic hydroxyl groups excluding tert-OH is 1. The topological polar surface area (TPSA) is 72.4 Å². The van der Waals surface area contributed by atoms with Crippen molar-refractivity contribution in [3.05, 3.63) is 30.3 Å². The van der Waals surface area contributed by atoms with E-state index in [4.69, 9.17) is 4.74 Å². The number of piperazine rings is 1. The maximum Gasteiger partial charge on any atom is 0.190 e. The van der Waals surface area contributed by atoms with Crippen molar-refractivity contribution < 1.29 is 9.84 Å². The highest BCUT2D eigenvalue weighted by Crippen LogP contribution is 2.31. The molecular weight excluding hydrogens is 378 g/mol. The van der Waals surface area contributed by atoms with E-state index in [0.717, 1.165) is 84.2 Å². The van der Waals surface area contributed by atoms with Crippen LogP contribution in [0.4, 0.5) is 5.69 Å². The quantitative estimate of drug-likeness (QED) is 0.305. The zero-order chi connectivity index (χ0) is 21.1. The second-order valence-electron chi connectivity index (χ2n) is 8.50. The summed E-state index contributed by atoms with van der Waals surface area (Å²) in [6.07, 6.45) is 4.09.